The van der Waals surface area contributed by atoms with Gasteiger partial charge in [-0.3, -0.25) is 10.1 Å². The van der Waals surface area contributed by atoms with Crippen molar-refractivity contribution in [3.05, 3.63) is 28.0 Å². The van der Waals surface area contributed by atoms with E-state index in [0.29, 0.717) is 6.54 Å². The van der Waals surface area contributed by atoms with Crippen molar-refractivity contribution in [3.63, 3.8) is 0 Å². The van der Waals surface area contributed by atoms with Crippen LogP contribution < -0.4 is 10.7 Å². The van der Waals surface area contributed by atoms with E-state index in [1.54, 1.807) is 0 Å². The summed E-state index contributed by atoms with van der Waals surface area (Å²) in [6.45, 7) is 2.71. The Labute approximate surface area is 116 Å². The van der Waals surface area contributed by atoms with Gasteiger partial charge in [0.2, 0.25) is 0 Å². The van der Waals surface area contributed by atoms with Crippen molar-refractivity contribution >= 4 is 18.1 Å². The normalized spacial score (nSPS) is 10.7. The smallest absolute Gasteiger partial charge is 0.400 e. The molecule has 0 saturated heterocycles. The van der Waals surface area contributed by atoms with Gasteiger partial charge in [-0.05, 0) is 12.5 Å². The van der Waals surface area contributed by atoms with Crippen molar-refractivity contribution in [2.24, 2.45) is 5.10 Å². The van der Waals surface area contributed by atoms with Gasteiger partial charge in [-0.1, -0.05) is 26.2 Å². The fourth-order valence-electron chi connectivity index (χ4n) is 1.46. The number of rotatable bonds is 8. The van der Waals surface area contributed by atoms with Crippen molar-refractivity contribution < 1.29 is 14.1 Å². The minimum atomic E-state index is -0.645. The molecule has 0 aliphatic heterocycles. The number of hydrazone groups is 1. The minimum absolute atomic E-state index is 0.194. The molecule has 0 spiro atoms. The van der Waals surface area contributed by atoms with Gasteiger partial charge < -0.3 is 9.73 Å². The van der Waals surface area contributed by atoms with Crippen molar-refractivity contribution in [1.29, 1.82) is 0 Å². The third kappa shape index (κ3) is 5.98. The van der Waals surface area contributed by atoms with Crippen LogP contribution in [0, 0.1) is 10.1 Å². The van der Waals surface area contributed by atoms with Crippen molar-refractivity contribution in [1.82, 2.24) is 10.7 Å². The second-order valence-electron chi connectivity index (χ2n) is 4.12. The van der Waals surface area contributed by atoms with Gasteiger partial charge in [0.1, 0.15) is 4.92 Å². The van der Waals surface area contributed by atoms with E-state index in [1.165, 1.54) is 18.3 Å². The number of nitrogens with one attached hydrogen (secondary N) is 2. The third-order valence-electron chi connectivity index (χ3n) is 2.47. The Morgan fingerprint density at radius 3 is 2.90 bits per heavy atom. The molecule has 0 radical (unpaired) electrons. The molecule has 1 aromatic heterocycles. The predicted molar refractivity (Wildman–Crippen MR) is 73.6 cm³/mol. The first-order valence-electron chi connectivity index (χ1n) is 6.44. The van der Waals surface area contributed by atoms with E-state index in [-0.39, 0.29) is 11.6 Å². The van der Waals surface area contributed by atoms with Crippen molar-refractivity contribution in [2.45, 2.75) is 32.6 Å². The second kappa shape index (κ2) is 8.68. The summed E-state index contributed by atoms with van der Waals surface area (Å²) in [6, 6.07) is 2.19. The molecule has 0 unspecified atom stereocenters. The first kappa shape index (κ1) is 15.7. The van der Waals surface area contributed by atoms with Crippen LogP contribution in [-0.2, 0) is 0 Å². The zero-order chi connectivity index (χ0) is 14.8. The maximum absolute atomic E-state index is 11.3. The quantitative estimate of drug-likeness (QED) is 0.330. The zero-order valence-electron chi connectivity index (χ0n) is 11.3. The first-order valence-corrected chi connectivity index (χ1v) is 6.44. The fraction of sp³-hybridized carbons (Fsp3) is 0.500. The molecule has 0 aliphatic rings. The molecule has 8 heteroatoms. The van der Waals surface area contributed by atoms with Gasteiger partial charge >= 0.3 is 11.9 Å². The number of amides is 2. The highest BCUT2D eigenvalue weighted by atomic mass is 16.6. The third-order valence-corrected chi connectivity index (χ3v) is 2.47. The molecular formula is C12H18N4O4. The topological polar surface area (TPSA) is 110 Å². The molecule has 110 valence electrons. The lowest BCUT2D eigenvalue weighted by Crippen LogP contribution is -2.32. The van der Waals surface area contributed by atoms with Crippen LogP contribution in [0.4, 0.5) is 10.7 Å². The summed E-state index contributed by atoms with van der Waals surface area (Å²) in [7, 11) is 0. The van der Waals surface area contributed by atoms with Gasteiger partial charge in [0.15, 0.2) is 5.76 Å². The van der Waals surface area contributed by atoms with Gasteiger partial charge in [0, 0.05) is 6.54 Å². The van der Waals surface area contributed by atoms with E-state index >= 15 is 0 Å². The molecule has 2 N–H and O–H groups in total. The highest BCUT2D eigenvalue weighted by molar-refractivity contribution is 5.79. The van der Waals surface area contributed by atoms with Crippen LogP contribution in [0.5, 0.6) is 0 Å². The van der Waals surface area contributed by atoms with Crippen molar-refractivity contribution in [3.8, 4) is 0 Å². The van der Waals surface area contributed by atoms with E-state index < -0.39 is 11.0 Å². The van der Waals surface area contributed by atoms with Gasteiger partial charge in [-0.25, -0.2) is 10.2 Å². The Morgan fingerprint density at radius 1 is 1.45 bits per heavy atom. The first-order chi connectivity index (χ1) is 9.63. The average Bonchev–Trinajstić information content (AvgIpc) is 2.87. The number of carbonyl (C=O) groups is 1. The Hall–Kier alpha value is -2.38. The van der Waals surface area contributed by atoms with E-state index in [9.17, 15) is 14.9 Å². The Balaban J connectivity index is 2.22. The highest BCUT2D eigenvalue weighted by Crippen LogP contribution is 2.13. The summed E-state index contributed by atoms with van der Waals surface area (Å²) < 4.78 is 4.83. The van der Waals surface area contributed by atoms with Crippen LogP contribution in [0.15, 0.2) is 21.7 Å². The maximum atomic E-state index is 11.3. The molecule has 8 nitrogen and oxygen atoms in total. The standard InChI is InChI=1S/C12H18N4O4/c1-2-3-4-5-8-13-12(17)15-14-9-10-6-7-11(20-10)16(18)19/h6-7,9H,2-5,8H2,1H3,(H2,13,15,17)/b14-9+. The van der Waals surface area contributed by atoms with Gasteiger partial charge in [0.25, 0.3) is 0 Å². The Kier molecular flexibility index (Phi) is 6.80. The number of hydrogen-bond donors (Lipinski definition) is 2. The number of urea groups is 1. The van der Waals surface area contributed by atoms with E-state index in [0.717, 1.165) is 25.7 Å². The number of furan rings is 1. The number of carbonyl (C=O) groups excluding carboxylic acids is 1. The molecule has 2 amide bonds. The second-order valence-corrected chi connectivity index (χ2v) is 4.12. The molecule has 0 aliphatic carbocycles. The van der Waals surface area contributed by atoms with Crippen LogP contribution in [-0.4, -0.2) is 23.7 Å². The molecule has 1 aromatic rings. The monoisotopic (exact) mass is 282 g/mol. The molecule has 0 aromatic carbocycles. The summed E-state index contributed by atoms with van der Waals surface area (Å²) >= 11 is 0. The zero-order valence-corrected chi connectivity index (χ0v) is 11.3. The number of unbranched alkanes of at least 4 members (excludes halogenated alkanes) is 3. The summed E-state index contributed by atoms with van der Waals surface area (Å²) in [5.41, 5.74) is 2.25. The lowest BCUT2D eigenvalue weighted by molar-refractivity contribution is -0.402. The lowest BCUT2D eigenvalue weighted by atomic mass is 10.2. The SMILES string of the molecule is CCCCCCNC(=O)N/N=C/c1ccc([N+](=O)[O-])o1. The molecule has 1 rings (SSSR count). The summed E-state index contributed by atoms with van der Waals surface area (Å²) in [5, 5.41) is 16.7. The van der Waals surface area contributed by atoms with Crippen LogP contribution in [0.2, 0.25) is 0 Å². The predicted octanol–water partition coefficient (Wildman–Crippen LogP) is 2.40. The number of hydrogen-bond acceptors (Lipinski definition) is 5. The Bertz CT molecular complexity index is 470. The van der Waals surface area contributed by atoms with Gasteiger partial charge in [0.05, 0.1) is 12.3 Å². The summed E-state index contributed by atoms with van der Waals surface area (Å²) in [5.74, 6) is -0.174. The number of nitro groups is 1. The molecule has 0 fully saturated rings. The van der Waals surface area contributed by atoms with Crippen LogP contribution in [0.3, 0.4) is 0 Å². The number of nitrogens with zero attached hydrogens (tertiary/aromatic N) is 2. The van der Waals surface area contributed by atoms with E-state index in [4.69, 9.17) is 4.42 Å². The molecule has 0 atom stereocenters. The van der Waals surface area contributed by atoms with E-state index in [1.807, 2.05) is 0 Å². The van der Waals surface area contributed by atoms with E-state index in [2.05, 4.69) is 22.8 Å². The average molecular weight is 282 g/mol. The molecule has 0 bridgehead atoms. The summed E-state index contributed by atoms with van der Waals surface area (Å²) in [6.07, 6.45) is 5.50. The largest absolute Gasteiger partial charge is 0.433 e. The molecule has 20 heavy (non-hydrogen) atoms. The lowest BCUT2D eigenvalue weighted by Gasteiger charge is -2.02. The Morgan fingerprint density at radius 2 is 2.25 bits per heavy atom. The minimum Gasteiger partial charge on any atom is -0.400 e. The molecule has 1 heterocycles. The summed E-state index contributed by atoms with van der Waals surface area (Å²) in [4.78, 5) is 21.0. The highest BCUT2D eigenvalue weighted by Gasteiger charge is 2.10. The molecular weight excluding hydrogens is 264 g/mol. The van der Waals surface area contributed by atoms with Crippen LogP contribution in [0.1, 0.15) is 38.4 Å². The van der Waals surface area contributed by atoms with Gasteiger partial charge in [-0.2, -0.15) is 5.10 Å². The molecule has 0 saturated carbocycles. The van der Waals surface area contributed by atoms with Crippen LogP contribution >= 0.6 is 0 Å². The van der Waals surface area contributed by atoms with Crippen molar-refractivity contribution in [2.75, 3.05) is 6.54 Å². The van der Waals surface area contributed by atoms with Gasteiger partial charge in [-0.15, -0.1) is 0 Å². The maximum Gasteiger partial charge on any atom is 0.433 e. The fourth-order valence-corrected chi connectivity index (χ4v) is 1.46. The van der Waals surface area contributed by atoms with Crippen LogP contribution in [0.25, 0.3) is 0 Å².